The zero-order valence-corrected chi connectivity index (χ0v) is 17.0. The van der Waals surface area contributed by atoms with Crippen LogP contribution in [0.5, 0.6) is 0 Å². The Morgan fingerprint density at radius 3 is 2.90 bits per heavy atom. The minimum absolute atomic E-state index is 0.207. The third-order valence-corrected chi connectivity index (χ3v) is 5.29. The van der Waals surface area contributed by atoms with Gasteiger partial charge in [-0.2, -0.15) is 0 Å². The number of morpholine rings is 1. The van der Waals surface area contributed by atoms with Gasteiger partial charge in [0.05, 0.1) is 24.9 Å². The lowest BCUT2D eigenvalue weighted by Gasteiger charge is -2.36. The number of hydrogen-bond donors (Lipinski definition) is 3. The number of fused-ring (bicyclic) bond motifs is 1. The maximum Gasteiger partial charge on any atom is 0.319 e. The molecule has 0 aliphatic carbocycles. The van der Waals surface area contributed by atoms with E-state index in [2.05, 4.69) is 27.8 Å². The van der Waals surface area contributed by atoms with Crippen molar-refractivity contribution in [3.8, 4) is 11.4 Å². The fraction of sp³-hybridized carbons (Fsp3) is 0.476. The molecule has 2 amide bonds. The first kappa shape index (κ1) is 19.6. The van der Waals surface area contributed by atoms with Gasteiger partial charge in [0.1, 0.15) is 5.82 Å². The van der Waals surface area contributed by atoms with Gasteiger partial charge in [0.2, 0.25) is 0 Å². The van der Waals surface area contributed by atoms with Crippen molar-refractivity contribution < 1.29 is 9.53 Å². The van der Waals surface area contributed by atoms with Crippen LogP contribution in [0.2, 0.25) is 0 Å². The summed E-state index contributed by atoms with van der Waals surface area (Å²) in [7, 11) is 0. The molecule has 0 bridgehead atoms. The van der Waals surface area contributed by atoms with Crippen LogP contribution in [0.4, 0.5) is 16.3 Å². The molecular formula is C21H28N6O2. The van der Waals surface area contributed by atoms with Crippen LogP contribution in [-0.4, -0.2) is 54.9 Å². The lowest BCUT2D eigenvalue weighted by Crippen LogP contribution is -2.45. The van der Waals surface area contributed by atoms with Crippen LogP contribution in [0.15, 0.2) is 24.3 Å². The minimum Gasteiger partial charge on any atom is -0.377 e. The molecule has 29 heavy (non-hydrogen) atoms. The number of ether oxygens (including phenoxy) is 1. The van der Waals surface area contributed by atoms with Crippen molar-refractivity contribution in [1.82, 2.24) is 20.6 Å². The second-order valence-electron chi connectivity index (χ2n) is 7.40. The monoisotopic (exact) mass is 396 g/mol. The van der Waals surface area contributed by atoms with E-state index in [0.717, 1.165) is 54.6 Å². The lowest BCUT2D eigenvalue weighted by atomic mass is 10.1. The summed E-state index contributed by atoms with van der Waals surface area (Å²) in [6, 6.07) is 7.74. The Balaban J connectivity index is 1.65. The number of urea groups is 1. The summed E-state index contributed by atoms with van der Waals surface area (Å²) >= 11 is 0. The summed E-state index contributed by atoms with van der Waals surface area (Å²) in [5, 5.41) is 8.99. The van der Waals surface area contributed by atoms with Crippen molar-refractivity contribution in [1.29, 1.82) is 0 Å². The van der Waals surface area contributed by atoms with Gasteiger partial charge in [-0.15, -0.1) is 0 Å². The maximum absolute atomic E-state index is 11.7. The van der Waals surface area contributed by atoms with E-state index in [4.69, 9.17) is 14.7 Å². The Bertz CT molecular complexity index is 870. The van der Waals surface area contributed by atoms with Gasteiger partial charge in [-0.3, -0.25) is 0 Å². The van der Waals surface area contributed by atoms with Crippen LogP contribution in [0, 0.1) is 0 Å². The van der Waals surface area contributed by atoms with E-state index in [9.17, 15) is 4.79 Å². The zero-order chi connectivity index (χ0) is 20.2. The molecule has 1 aromatic heterocycles. The number of nitrogens with one attached hydrogen (secondary N) is 3. The van der Waals surface area contributed by atoms with E-state index >= 15 is 0 Å². The number of nitrogens with zero attached hydrogens (tertiary/aromatic N) is 3. The summed E-state index contributed by atoms with van der Waals surface area (Å²) in [6.45, 7) is 8.63. The summed E-state index contributed by atoms with van der Waals surface area (Å²) in [4.78, 5) is 23.9. The molecule has 3 heterocycles. The molecule has 1 aromatic carbocycles. The molecule has 1 saturated heterocycles. The number of hydrogen-bond acceptors (Lipinski definition) is 6. The molecule has 1 unspecified atom stereocenters. The van der Waals surface area contributed by atoms with Crippen molar-refractivity contribution in [3.63, 3.8) is 0 Å². The lowest BCUT2D eigenvalue weighted by molar-refractivity contribution is 0.0984. The van der Waals surface area contributed by atoms with E-state index in [1.807, 2.05) is 31.2 Å². The summed E-state index contributed by atoms with van der Waals surface area (Å²) in [5.74, 6) is 1.74. The van der Waals surface area contributed by atoms with Crippen LogP contribution in [0.3, 0.4) is 0 Å². The maximum atomic E-state index is 11.7. The van der Waals surface area contributed by atoms with Gasteiger partial charge in [-0.05, 0) is 38.1 Å². The first-order chi connectivity index (χ1) is 14.2. The first-order valence-electron chi connectivity index (χ1n) is 10.3. The Labute approximate surface area is 171 Å². The third kappa shape index (κ3) is 4.33. The Morgan fingerprint density at radius 2 is 2.14 bits per heavy atom. The SMILES string of the molecule is CCNC(=O)Nc1ccc(-c2nc3c(c(N4CCOCC4C)n2)CNCC3)cc1. The van der Waals surface area contributed by atoms with Crippen LogP contribution in [-0.2, 0) is 17.7 Å². The van der Waals surface area contributed by atoms with Crippen molar-refractivity contribution in [2.24, 2.45) is 0 Å². The molecule has 2 aliphatic heterocycles. The number of aromatic nitrogens is 2. The van der Waals surface area contributed by atoms with Gasteiger partial charge in [0.15, 0.2) is 5.82 Å². The summed E-state index contributed by atoms with van der Waals surface area (Å²) in [6.07, 6.45) is 0.896. The van der Waals surface area contributed by atoms with Crippen molar-refractivity contribution in [3.05, 3.63) is 35.5 Å². The van der Waals surface area contributed by atoms with Gasteiger partial charge in [0, 0.05) is 49.4 Å². The molecule has 0 spiro atoms. The topological polar surface area (TPSA) is 91.4 Å². The average molecular weight is 396 g/mol. The van der Waals surface area contributed by atoms with Gasteiger partial charge in [0.25, 0.3) is 0 Å². The number of rotatable bonds is 4. The zero-order valence-electron chi connectivity index (χ0n) is 17.0. The number of carbonyl (C=O) groups excluding carboxylic acids is 1. The quantitative estimate of drug-likeness (QED) is 0.734. The predicted octanol–water partition coefficient (Wildman–Crippen LogP) is 2.16. The Hall–Kier alpha value is -2.71. The van der Waals surface area contributed by atoms with Gasteiger partial charge in [-0.1, -0.05) is 0 Å². The van der Waals surface area contributed by atoms with Crippen molar-refractivity contribution >= 4 is 17.5 Å². The molecule has 8 nitrogen and oxygen atoms in total. The highest BCUT2D eigenvalue weighted by Crippen LogP contribution is 2.29. The van der Waals surface area contributed by atoms with Gasteiger partial charge in [-0.25, -0.2) is 14.8 Å². The number of amides is 2. The molecule has 2 aromatic rings. The first-order valence-corrected chi connectivity index (χ1v) is 10.3. The normalized spacial score (nSPS) is 18.8. The highest BCUT2D eigenvalue weighted by atomic mass is 16.5. The molecule has 4 rings (SSSR count). The van der Waals surface area contributed by atoms with E-state index in [-0.39, 0.29) is 12.1 Å². The fourth-order valence-corrected chi connectivity index (χ4v) is 3.77. The molecule has 2 aliphatic rings. The number of carbonyl (C=O) groups is 1. The van der Waals surface area contributed by atoms with E-state index in [0.29, 0.717) is 19.8 Å². The second-order valence-corrected chi connectivity index (χ2v) is 7.40. The third-order valence-electron chi connectivity index (χ3n) is 5.29. The largest absolute Gasteiger partial charge is 0.377 e. The van der Waals surface area contributed by atoms with Gasteiger partial charge >= 0.3 is 6.03 Å². The summed E-state index contributed by atoms with van der Waals surface area (Å²) in [5.41, 5.74) is 3.99. The smallest absolute Gasteiger partial charge is 0.319 e. The van der Waals surface area contributed by atoms with Crippen LogP contribution in [0.25, 0.3) is 11.4 Å². The average Bonchev–Trinajstić information content (AvgIpc) is 2.74. The van der Waals surface area contributed by atoms with Gasteiger partial charge < -0.3 is 25.6 Å². The van der Waals surface area contributed by atoms with Crippen LogP contribution in [0.1, 0.15) is 25.1 Å². The molecule has 3 N–H and O–H groups in total. The molecule has 1 atom stereocenters. The highest BCUT2D eigenvalue weighted by molar-refractivity contribution is 5.89. The van der Waals surface area contributed by atoms with Crippen LogP contribution >= 0.6 is 0 Å². The number of anilines is 2. The molecule has 0 radical (unpaired) electrons. The molecule has 0 saturated carbocycles. The highest BCUT2D eigenvalue weighted by Gasteiger charge is 2.27. The molecular weight excluding hydrogens is 368 g/mol. The van der Waals surface area contributed by atoms with Crippen molar-refractivity contribution in [2.45, 2.75) is 32.9 Å². The molecule has 8 heteroatoms. The summed E-state index contributed by atoms with van der Waals surface area (Å²) < 4.78 is 5.61. The van der Waals surface area contributed by atoms with Crippen molar-refractivity contribution in [2.75, 3.05) is 43.1 Å². The minimum atomic E-state index is -0.207. The fourth-order valence-electron chi connectivity index (χ4n) is 3.77. The Kier molecular flexibility index (Phi) is 5.92. The van der Waals surface area contributed by atoms with E-state index in [1.54, 1.807) is 0 Å². The Morgan fingerprint density at radius 1 is 1.31 bits per heavy atom. The van der Waals surface area contributed by atoms with E-state index in [1.165, 1.54) is 5.56 Å². The van der Waals surface area contributed by atoms with E-state index < -0.39 is 0 Å². The second kappa shape index (κ2) is 8.75. The van der Waals surface area contributed by atoms with Crippen LogP contribution < -0.4 is 20.9 Å². The number of benzene rings is 1. The standard InChI is InChI=1S/C21H28N6O2/c1-3-23-21(28)24-16-6-4-15(5-7-16)19-25-18-8-9-22-12-17(18)20(26-19)27-10-11-29-13-14(27)2/h4-7,14,22H,3,8-13H2,1-2H3,(H2,23,24,28). The predicted molar refractivity (Wildman–Crippen MR) is 113 cm³/mol. The molecule has 1 fully saturated rings. The molecule has 154 valence electrons.